The van der Waals surface area contributed by atoms with Crippen LogP contribution in [0.5, 0.6) is 0 Å². The highest BCUT2D eigenvalue weighted by Crippen LogP contribution is 2.18. The molecule has 0 atom stereocenters. The molecule has 21 heavy (non-hydrogen) atoms. The molecule has 0 saturated heterocycles. The van der Waals surface area contributed by atoms with Gasteiger partial charge in [-0.15, -0.1) is 0 Å². The number of amides is 1. The van der Waals surface area contributed by atoms with Crippen molar-refractivity contribution in [3.05, 3.63) is 42.2 Å². The zero-order chi connectivity index (χ0) is 15.5. The number of alkyl halides is 3. The minimum Gasteiger partial charge on any atom is -0.384 e. The van der Waals surface area contributed by atoms with Crippen molar-refractivity contribution in [3.63, 3.8) is 0 Å². The largest absolute Gasteiger partial charge is 0.405 e. The van der Waals surface area contributed by atoms with Crippen molar-refractivity contribution in [2.45, 2.75) is 6.18 Å². The lowest BCUT2D eigenvalue weighted by Crippen LogP contribution is -2.33. The predicted octanol–water partition coefficient (Wildman–Crippen LogP) is 2.02. The van der Waals surface area contributed by atoms with E-state index in [4.69, 9.17) is 5.73 Å². The Hall–Kier alpha value is -2.64. The van der Waals surface area contributed by atoms with Crippen molar-refractivity contribution in [2.24, 2.45) is 0 Å². The number of anilines is 1. The molecule has 0 unspecified atom stereocenters. The Labute approximate surface area is 118 Å². The molecule has 0 saturated carbocycles. The first-order valence-electron chi connectivity index (χ1n) is 5.88. The van der Waals surface area contributed by atoms with E-state index in [1.165, 1.54) is 24.5 Å². The maximum absolute atomic E-state index is 12.1. The van der Waals surface area contributed by atoms with Gasteiger partial charge in [0.1, 0.15) is 12.4 Å². The molecule has 3 N–H and O–H groups in total. The normalized spacial score (nSPS) is 11.2. The Morgan fingerprint density at radius 3 is 2.62 bits per heavy atom. The van der Waals surface area contributed by atoms with Crippen LogP contribution < -0.4 is 11.1 Å². The number of nitrogens with zero attached hydrogens (tertiary/aromatic N) is 2. The van der Waals surface area contributed by atoms with Gasteiger partial charge in [-0.2, -0.15) is 13.2 Å². The predicted molar refractivity (Wildman–Crippen MR) is 70.3 cm³/mol. The Bertz CT molecular complexity index is 641. The highest BCUT2D eigenvalue weighted by atomic mass is 19.4. The monoisotopic (exact) mass is 296 g/mol. The molecule has 2 aromatic rings. The fraction of sp³-hybridized carbons (Fsp3) is 0.154. The van der Waals surface area contributed by atoms with E-state index in [0.29, 0.717) is 17.1 Å². The Morgan fingerprint density at radius 1 is 1.24 bits per heavy atom. The number of hydrogen-bond acceptors (Lipinski definition) is 4. The lowest BCUT2D eigenvalue weighted by molar-refractivity contribution is -0.123. The maximum atomic E-state index is 12.1. The lowest BCUT2D eigenvalue weighted by atomic mass is 10.1. The van der Waals surface area contributed by atoms with Crippen molar-refractivity contribution in [1.29, 1.82) is 0 Å². The molecule has 8 heteroatoms. The van der Waals surface area contributed by atoms with Crippen molar-refractivity contribution < 1.29 is 18.0 Å². The van der Waals surface area contributed by atoms with Crippen LogP contribution in [0.2, 0.25) is 0 Å². The van der Waals surface area contributed by atoms with Gasteiger partial charge >= 0.3 is 6.18 Å². The lowest BCUT2D eigenvalue weighted by Gasteiger charge is -2.09. The molecule has 0 fully saturated rings. The minimum absolute atomic E-state index is 0.0843. The molecule has 2 heterocycles. The SMILES string of the molecule is Nc1ccc(-c2cc(C(=O)NCC(F)(F)F)ccn2)cn1. The number of aromatic nitrogens is 2. The third-order valence-corrected chi connectivity index (χ3v) is 2.55. The molecule has 110 valence electrons. The third-order valence-electron chi connectivity index (χ3n) is 2.55. The fourth-order valence-electron chi connectivity index (χ4n) is 1.57. The molecule has 0 aliphatic rings. The molecule has 0 aromatic carbocycles. The number of pyridine rings is 2. The Morgan fingerprint density at radius 2 is 2.00 bits per heavy atom. The summed E-state index contributed by atoms with van der Waals surface area (Å²) in [6.45, 7) is -1.38. The Balaban J connectivity index is 2.17. The summed E-state index contributed by atoms with van der Waals surface area (Å²) < 4.78 is 36.2. The van der Waals surface area contributed by atoms with Gasteiger partial charge in [0.15, 0.2) is 0 Å². The van der Waals surface area contributed by atoms with E-state index in [1.54, 1.807) is 17.4 Å². The summed E-state index contributed by atoms with van der Waals surface area (Å²) in [5.41, 5.74) is 6.57. The average Bonchev–Trinajstić information content (AvgIpc) is 2.45. The van der Waals surface area contributed by atoms with Crippen LogP contribution in [0.25, 0.3) is 11.3 Å². The van der Waals surface area contributed by atoms with Crippen LogP contribution in [0.4, 0.5) is 19.0 Å². The number of hydrogen-bond donors (Lipinski definition) is 2. The maximum Gasteiger partial charge on any atom is 0.405 e. The van der Waals surface area contributed by atoms with Crippen LogP contribution in [0.1, 0.15) is 10.4 Å². The van der Waals surface area contributed by atoms with Crippen LogP contribution in [-0.4, -0.2) is 28.6 Å². The first-order chi connectivity index (χ1) is 9.85. The molecule has 1 amide bonds. The van der Waals surface area contributed by atoms with Gasteiger partial charge in [-0.1, -0.05) is 0 Å². The van der Waals surface area contributed by atoms with Gasteiger partial charge in [0.05, 0.1) is 5.69 Å². The smallest absolute Gasteiger partial charge is 0.384 e. The number of nitrogens with two attached hydrogens (primary N) is 1. The van der Waals surface area contributed by atoms with Crippen molar-refractivity contribution >= 4 is 11.7 Å². The second-order valence-corrected chi connectivity index (χ2v) is 4.20. The Kier molecular flexibility index (Phi) is 4.06. The summed E-state index contributed by atoms with van der Waals surface area (Å²) in [7, 11) is 0. The van der Waals surface area contributed by atoms with Crippen LogP contribution in [0, 0.1) is 0 Å². The van der Waals surface area contributed by atoms with Gasteiger partial charge in [0.25, 0.3) is 5.91 Å². The highest BCUT2D eigenvalue weighted by molar-refractivity contribution is 5.95. The van der Waals surface area contributed by atoms with Crippen LogP contribution in [0.15, 0.2) is 36.7 Å². The van der Waals surface area contributed by atoms with Gasteiger partial charge in [-0.25, -0.2) is 4.98 Å². The topological polar surface area (TPSA) is 80.9 Å². The van der Waals surface area contributed by atoms with Crippen molar-refractivity contribution in [1.82, 2.24) is 15.3 Å². The molecule has 0 aliphatic carbocycles. The number of carbonyl (C=O) groups excluding carboxylic acids is 1. The van der Waals surface area contributed by atoms with E-state index in [0.717, 1.165) is 0 Å². The number of rotatable bonds is 3. The summed E-state index contributed by atoms with van der Waals surface area (Å²) in [6.07, 6.45) is -1.64. The zero-order valence-corrected chi connectivity index (χ0v) is 10.7. The molecule has 0 aliphatic heterocycles. The quantitative estimate of drug-likeness (QED) is 0.908. The number of halogens is 3. The molecule has 5 nitrogen and oxygen atoms in total. The van der Waals surface area contributed by atoms with E-state index in [1.807, 2.05) is 0 Å². The number of nitrogen functional groups attached to an aromatic ring is 1. The summed E-state index contributed by atoms with van der Waals surface area (Å²) in [5.74, 6) is -0.489. The summed E-state index contributed by atoms with van der Waals surface area (Å²) >= 11 is 0. The molecule has 0 bridgehead atoms. The summed E-state index contributed by atoms with van der Waals surface area (Å²) in [4.78, 5) is 19.6. The molecule has 0 radical (unpaired) electrons. The summed E-state index contributed by atoms with van der Waals surface area (Å²) in [6, 6.07) is 5.94. The van der Waals surface area contributed by atoms with E-state index >= 15 is 0 Å². The second kappa shape index (κ2) is 5.78. The third kappa shape index (κ3) is 4.16. The van der Waals surface area contributed by atoms with Crippen molar-refractivity contribution in [2.75, 3.05) is 12.3 Å². The average molecular weight is 296 g/mol. The van der Waals surface area contributed by atoms with Gasteiger partial charge in [0, 0.05) is 23.5 Å². The molecular weight excluding hydrogens is 285 g/mol. The zero-order valence-electron chi connectivity index (χ0n) is 10.7. The molecule has 2 aromatic heterocycles. The molecular formula is C13H11F3N4O. The minimum atomic E-state index is -4.45. The van der Waals surface area contributed by atoms with Gasteiger partial charge in [0.2, 0.25) is 0 Å². The van der Waals surface area contributed by atoms with Gasteiger partial charge < -0.3 is 11.1 Å². The van der Waals surface area contributed by atoms with Crippen LogP contribution in [-0.2, 0) is 0 Å². The van der Waals surface area contributed by atoms with Crippen LogP contribution in [0.3, 0.4) is 0 Å². The van der Waals surface area contributed by atoms with Gasteiger partial charge in [-0.3, -0.25) is 9.78 Å². The molecule has 0 spiro atoms. The van der Waals surface area contributed by atoms with Crippen LogP contribution >= 0.6 is 0 Å². The fourth-order valence-corrected chi connectivity index (χ4v) is 1.57. The first kappa shape index (κ1) is 14.8. The highest BCUT2D eigenvalue weighted by Gasteiger charge is 2.27. The second-order valence-electron chi connectivity index (χ2n) is 4.20. The number of carbonyl (C=O) groups is 1. The molecule has 2 rings (SSSR count). The van der Waals surface area contributed by atoms with Gasteiger partial charge in [-0.05, 0) is 24.3 Å². The van der Waals surface area contributed by atoms with E-state index in [2.05, 4.69) is 9.97 Å². The van der Waals surface area contributed by atoms with Crippen molar-refractivity contribution in [3.8, 4) is 11.3 Å². The number of nitrogens with one attached hydrogen (secondary N) is 1. The first-order valence-corrected chi connectivity index (χ1v) is 5.88. The van der Waals surface area contributed by atoms with E-state index in [-0.39, 0.29) is 5.56 Å². The standard InChI is InChI=1S/C13H11F3N4O/c14-13(15,16)7-20-12(21)8-3-4-18-10(5-8)9-1-2-11(17)19-6-9/h1-6H,7H2,(H2,17,19)(H,20,21). The van der Waals surface area contributed by atoms with E-state index < -0.39 is 18.6 Å². The summed E-state index contributed by atoms with van der Waals surface area (Å²) in [5, 5.41) is 1.80. The van der Waals surface area contributed by atoms with E-state index in [9.17, 15) is 18.0 Å².